The predicted octanol–water partition coefficient (Wildman–Crippen LogP) is 6.44. The second-order valence-electron chi connectivity index (χ2n) is 8.10. The van der Waals surface area contributed by atoms with Gasteiger partial charge in [-0.1, -0.05) is 72.8 Å². The lowest BCUT2D eigenvalue weighted by molar-refractivity contribution is -0.118. The number of carbonyl (C=O) groups excluding carboxylic acids is 1. The Morgan fingerprint density at radius 1 is 0.778 bits per heavy atom. The number of carbonyl (C=O) groups is 1. The molecule has 1 heterocycles. The Bertz CT molecular complexity index is 1390. The molecule has 0 saturated heterocycles. The van der Waals surface area contributed by atoms with E-state index >= 15 is 0 Å². The number of hydrogen-bond donors (Lipinski definition) is 2. The van der Waals surface area contributed by atoms with Gasteiger partial charge in [-0.25, -0.2) is 4.98 Å². The molecule has 0 aliphatic carbocycles. The molecular weight excluding hydrogens is 450 g/mol. The fraction of sp³-hybridized carbons (Fsp3) is 0.0667. The van der Waals surface area contributed by atoms with Crippen LogP contribution in [0.5, 0.6) is 11.5 Å². The van der Waals surface area contributed by atoms with Crippen molar-refractivity contribution in [3.8, 4) is 45.4 Å². The molecule has 0 unspecified atom stereocenters. The zero-order valence-electron chi connectivity index (χ0n) is 19.8. The largest absolute Gasteiger partial charge is 0.495 e. The molecule has 0 fully saturated rings. The highest BCUT2D eigenvalue weighted by Crippen LogP contribution is 2.33. The molecule has 0 radical (unpaired) electrons. The maximum Gasteiger partial charge on any atom is 0.262 e. The maximum absolute atomic E-state index is 12.3. The van der Waals surface area contributed by atoms with Gasteiger partial charge in [0.2, 0.25) is 0 Å². The van der Waals surface area contributed by atoms with Crippen LogP contribution in [0.15, 0.2) is 109 Å². The lowest BCUT2D eigenvalue weighted by Crippen LogP contribution is -2.20. The van der Waals surface area contributed by atoms with Gasteiger partial charge in [-0.3, -0.25) is 4.79 Å². The van der Waals surface area contributed by atoms with Crippen molar-refractivity contribution in [2.75, 3.05) is 19.0 Å². The molecule has 5 rings (SSSR count). The average molecular weight is 476 g/mol. The molecule has 0 aliphatic rings. The smallest absolute Gasteiger partial charge is 0.262 e. The Hall–Kier alpha value is -4.84. The van der Waals surface area contributed by atoms with Crippen LogP contribution in [-0.4, -0.2) is 29.6 Å². The standard InChI is InChI=1S/C30H25N3O3/c1-35-26-15-9-8-14-25(26)31-27(34)20-36-24-18-16-23(17-19-24)30-32-28(21-10-4-2-5-11-21)29(33-30)22-12-6-3-7-13-22/h2-19H,20H2,1H3,(H,31,34)(H,32,33). The minimum Gasteiger partial charge on any atom is -0.495 e. The summed E-state index contributed by atoms with van der Waals surface area (Å²) in [5.41, 5.74) is 5.48. The summed E-state index contributed by atoms with van der Waals surface area (Å²) in [7, 11) is 1.56. The number of nitrogens with one attached hydrogen (secondary N) is 2. The lowest BCUT2D eigenvalue weighted by Gasteiger charge is -2.10. The quantitative estimate of drug-likeness (QED) is 0.271. The number of amides is 1. The zero-order chi connectivity index (χ0) is 24.7. The fourth-order valence-electron chi connectivity index (χ4n) is 3.92. The lowest BCUT2D eigenvalue weighted by atomic mass is 10.1. The molecule has 2 N–H and O–H groups in total. The number of H-pyrrole nitrogens is 1. The van der Waals surface area contributed by atoms with Crippen LogP contribution in [0.4, 0.5) is 5.69 Å². The number of ether oxygens (including phenoxy) is 2. The Kier molecular flexibility index (Phi) is 6.76. The summed E-state index contributed by atoms with van der Waals surface area (Å²) in [5, 5.41) is 2.81. The number of anilines is 1. The van der Waals surface area contributed by atoms with Crippen LogP contribution < -0.4 is 14.8 Å². The molecule has 5 aromatic rings. The van der Waals surface area contributed by atoms with Crippen molar-refractivity contribution in [1.82, 2.24) is 9.97 Å². The predicted molar refractivity (Wildman–Crippen MR) is 142 cm³/mol. The summed E-state index contributed by atoms with van der Waals surface area (Å²) in [6.45, 7) is -0.117. The van der Waals surface area contributed by atoms with E-state index in [0.29, 0.717) is 17.2 Å². The second kappa shape index (κ2) is 10.6. The molecule has 0 saturated carbocycles. The highest BCUT2D eigenvalue weighted by molar-refractivity contribution is 5.93. The molecule has 1 amide bonds. The van der Waals surface area contributed by atoms with Gasteiger partial charge in [-0.05, 0) is 36.4 Å². The molecule has 0 spiro atoms. The second-order valence-corrected chi connectivity index (χ2v) is 8.10. The van der Waals surface area contributed by atoms with Crippen LogP contribution in [-0.2, 0) is 4.79 Å². The minimum atomic E-state index is -0.269. The first-order valence-electron chi connectivity index (χ1n) is 11.6. The van der Waals surface area contributed by atoms with Gasteiger partial charge in [-0.15, -0.1) is 0 Å². The Balaban J connectivity index is 1.32. The first-order chi connectivity index (χ1) is 17.7. The van der Waals surface area contributed by atoms with Crippen LogP contribution >= 0.6 is 0 Å². The van der Waals surface area contributed by atoms with E-state index in [1.54, 1.807) is 19.2 Å². The molecule has 0 aliphatic heterocycles. The minimum absolute atomic E-state index is 0.117. The SMILES string of the molecule is COc1ccccc1NC(=O)COc1ccc(-c2nc(-c3ccccc3)c(-c3ccccc3)[nH]2)cc1. The van der Waals surface area contributed by atoms with E-state index in [1.807, 2.05) is 72.8 Å². The van der Waals surface area contributed by atoms with Crippen molar-refractivity contribution in [3.05, 3.63) is 109 Å². The monoisotopic (exact) mass is 475 g/mol. The molecule has 1 aromatic heterocycles. The molecule has 178 valence electrons. The summed E-state index contributed by atoms with van der Waals surface area (Å²) in [5.74, 6) is 1.67. The number of rotatable bonds is 8. The van der Waals surface area contributed by atoms with E-state index in [-0.39, 0.29) is 12.5 Å². The maximum atomic E-state index is 12.3. The van der Waals surface area contributed by atoms with Crippen molar-refractivity contribution in [1.29, 1.82) is 0 Å². The number of methoxy groups -OCH3 is 1. The average Bonchev–Trinajstić information content (AvgIpc) is 3.39. The Morgan fingerprint density at radius 2 is 1.42 bits per heavy atom. The van der Waals surface area contributed by atoms with Crippen molar-refractivity contribution in [2.24, 2.45) is 0 Å². The third-order valence-electron chi connectivity index (χ3n) is 5.69. The van der Waals surface area contributed by atoms with E-state index < -0.39 is 0 Å². The Labute approximate surface area is 209 Å². The Morgan fingerprint density at radius 3 is 2.11 bits per heavy atom. The van der Waals surface area contributed by atoms with Gasteiger partial charge in [0.25, 0.3) is 5.91 Å². The van der Waals surface area contributed by atoms with E-state index in [9.17, 15) is 4.79 Å². The van der Waals surface area contributed by atoms with E-state index in [4.69, 9.17) is 14.5 Å². The summed E-state index contributed by atoms with van der Waals surface area (Å²) in [4.78, 5) is 20.8. The highest BCUT2D eigenvalue weighted by Gasteiger charge is 2.15. The van der Waals surface area contributed by atoms with Crippen LogP contribution in [0.2, 0.25) is 0 Å². The molecule has 0 bridgehead atoms. The third-order valence-corrected chi connectivity index (χ3v) is 5.69. The summed E-state index contributed by atoms with van der Waals surface area (Å²) in [6, 6.07) is 35.0. The van der Waals surface area contributed by atoms with Crippen molar-refractivity contribution in [3.63, 3.8) is 0 Å². The van der Waals surface area contributed by atoms with Crippen LogP contribution in [0.1, 0.15) is 0 Å². The summed E-state index contributed by atoms with van der Waals surface area (Å²) in [6.07, 6.45) is 0. The molecule has 6 nitrogen and oxygen atoms in total. The summed E-state index contributed by atoms with van der Waals surface area (Å²) >= 11 is 0. The molecular formula is C30H25N3O3. The van der Waals surface area contributed by atoms with Gasteiger partial charge in [-0.2, -0.15) is 0 Å². The van der Waals surface area contributed by atoms with Gasteiger partial charge < -0.3 is 19.8 Å². The number of nitrogens with zero attached hydrogens (tertiary/aromatic N) is 1. The number of aromatic nitrogens is 2. The van der Waals surface area contributed by atoms with E-state index in [1.165, 1.54) is 0 Å². The van der Waals surface area contributed by atoms with Crippen LogP contribution in [0.3, 0.4) is 0 Å². The topological polar surface area (TPSA) is 76.2 Å². The van der Waals surface area contributed by atoms with Gasteiger partial charge in [0.05, 0.1) is 24.2 Å². The number of aromatic amines is 1. The normalized spacial score (nSPS) is 10.6. The first kappa shape index (κ1) is 22.9. The third kappa shape index (κ3) is 5.13. The van der Waals surface area contributed by atoms with Crippen molar-refractivity contribution < 1.29 is 14.3 Å². The number of imidazole rings is 1. The van der Waals surface area contributed by atoms with Gasteiger partial charge in [0, 0.05) is 16.7 Å². The highest BCUT2D eigenvalue weighted by atomic mass is 16.5. The molecule has 4 aromatic carbocycles. The number of para-hydroxylation sites is 2. The summed E-state index contributed by atoms with van der Waals surface area (Å²) < 4.78 is 11.0. The fourth-order valence-corrected chi connectivity index (χ4v) is 3.92. The van der Waals surface area contributed by atoms with E-state index in [2.05, 4.69) is 34.6 Å². The van der Waals surface area contributed by atoms with Gasteiger partial charge in [0.15, 0.2) is 6.61 Å². The molecule has 0 atom stereocenters. The number of hydrogen-bond acceptors (Lipinski definition) is 4. The molecule has 6 heteroatoms. The van der Waals surface area contributed by atoms with Crippen molar-refractivity contribution >= 4 is 11.6 Å². The zero-order valence-corrected chi connectivity index (χ0v) is 19.8. The van der Waals surface area contributed by atoms with Crippen molar-refractivity contribution in [2.45, 2.75) is 0 Å². The molecule has 36 heavy (non-hydrogen) atoms. The van der Waals surface area contributed by atoms with Crippen LogP contribution in [0.25, 0.3) is 33.9 Å². The van der Waals surface area contributed by atoms with Gasteiger partial charge in [0.1, 0.15) is 17.3 Å². The number of benzene rings is 4. The van der Waals surface area contributed by atoms with Gasteiger partial charge >= 0.3 is 0 Å². The van der Waals surface area contributed by atoms with Crippen LogP contribution in [0, 0.1) is 0 Å². The van der Waals surface area contributed by atoms with E-state index in [0.717, 1.165) is 33.9 Å². The first-order valence-corrected chi connectivity index (χ1v) is 11.6.